The van der Waals surface area contributed by atoms with E-state index in [1.807, 2.05) is 12.3 Å². The molecule has 4 nitrogen and oxygen atoms in total. The zero-order valence-corrected chi connectivity index (χ0v) is 19.2. The van der Waals surface area contributed by atoms with E-state index in [1.165, 1.54) is 31.7 Å². The molecule has 0 amide bonds. The summed E-state index contributed by atoms with van der Waals surface area (Å²) in [5.74, 6) is 1.43. The Bertz CT molecular complexity index is 564. The van der Waals surface area contributed by atoms with Gasteiger partial charge in [-0.3, -0.25) is 4.99 Å². The SMILES string of the molecule is CN=C(NCCN(C)C1CCCC1)NCc1ccc(F)cc1CSC.I. The van der Waals surface area contributed by atoms with Crippen LogP contribution in [0.3, 0.4) is 0 Å². The highest BCUT2D eigenvalue weighted by Gasteiger charge is 2.18. The van der Waals surface area contributed by atoms with Crippen molar-refractivity contribution < 1.29 is 4.39 Å². The zero-order valence-electron chi connectivity index (χ0n) is 16.1. The van der Waals surface area contributed by atoms with E-state index in [2.05, 4.69) is 27.6 Å². The normalized spacial score (nSPS) is 15.2. The van der Waals surface area contributed by atoms with Gasteiger partial charge < -0.3 is 15.5 Å². The van der Waals surface area contributed by atoms with E-state index in [0.717, 1.165) is 42.0 Å². The molecule has 0 aliphatic heterocycles. The Morgan fingerprint density at radius 1 is 1.27 bits per heavy atom. The van der Waals surface area contributed by atoms with Gasteiger partial charge in [-0.2, -0.15) is 11.8 Å². The third-order valence-corrected chi connectivity index (χ3v) is 5.44. The van der Waals surface area contributed by atoms with Crippen molar-refractivity contribution in [3.05, 3.63) is 35.1 Å². The predicted octanol–water partition coefficient (Wildman–Crippen LogP) is 3.85. The van der Waals surface area contributed by atoms with Crippen LogP contribution in [0.1, 0.15) is 36.8 Å². The van der Waals surface area contributed by atoms with E-state index < -0.39 is 0 Å². The largest absolute Gasteiger partial charge is 0.355 e. The predicted molar refractivity (Wildman–Crippen MR) is 122 cm³/mol. The molecule has 2 N–H and O–H groups in total. The summed E-state index contributed by atoms with van der Waals surface area (Å²) in [5, 5.41) is 6.71. The quantitative estimate of drug-likeness (QED) is 0.327. The molecular weight excluding hydrogens is 462 g/mol. The number of hydrogen-bond donors (Lipinski definition) is 2. The van der Waals surface area contributed by atoms with Crippen molar-refractivity contribution in [1.29, 1.82) is 0 Å². The number of thioether (sulfide) groups is 1. The molecule has 1 aliphatic carbocycles. The third-order valence-electron chi connectivity index (χ3n) is 4.84. The van der Waals surface area contributed by atoms with Gasteiger partial charge in [0.05, 0.1) is 0 Å². The van der Waals surface area contributed by atoms with Crippen LogP contribution >= 0.6 is 35.7 Å². The van der Waals surface area contributed by atoms with Crippen molar-refractivity contribution in [1.82, 2.24) is 15.5 Å². The fourth-order valence-electron chi connectivity index (χ4n) is 3.33. The van der Waals surface area contributed by atoms with Crippen LogP contribution in [0.25, 0.3) is 0 Å². The van der Waals surface area contributed by atoms with Gasteiger partial charge in [-0.25, -0.2) is 4.39 Å². The lowest BCUT2D eigenvalue weighted by molar-refractivity contribution is 0.249. The number of likely N-dealkylation sites (N-methyl/N-ethyl adjacent to an activating group) is 1. The van der Waals surface area contributed by atoms with Gasteiger partial charge in [0.1, 0.15) is 5.82 Å². The van der Waals surface area contributed by atoms with Gasteiger partial charge in [0, 0.05) is 38.5 Å². The Morgan fingerprint density at radius 3 is 2.65 bits per heavy atom. The molecule has 7 heteroatoms. The summed E-state index contributed by atoms with van der Waals surface area (Å²) < 4.78 is 13.4. The maximum Gasteiger partial charge on any atom is 0.191 e. The fraction of sp³-hybridized carbons (Fsp3) is 0.632. The molecular formula is C19H32FIN4S. The number of aliphatic imine (C=N–C) groups is 1. The van der Waals surface area contributed by atoms with Crippen LogP contribution in [0.15, 0.2) is 23.2 Å². The number of guanidine groups is 1. The molecule has 0 saturated heterocycles. The van der Waals surface area contributed by atoms with Gasteiger partial charge in [-0.05, 0) is 49.4 Å². The lowest BCUT2D eigenvalue weighted by Gasteiger charge is -2.24. The molecule has 0 unspecified atom stereocenters. The Balaban J connectivity index is 0.00000338. The number of nitrogens with one attached hydrogen (secondary N) is 2. The first kappa shape index (κ1) is 23.5. The van der Waals surface area contributed by atoms with Gasteiger partial charge in [-0.15, -0.1) is 24.0 Å². The smallest absolute Gasteiger partial charge is 0.191 e. The second kappa shape index (κ2) is 12.8. The minimum Gasteiger partial charge on any atom is -0.355 e. The number of halogens is 2. The van der Waals surface area contributed by atoms with Crippen LogP contribution in [0.2, 0.25) is 0 Å². The Morgan fingerprint density at radius 2 is 2.00 bits per heavy atom. The summed E-state index contributed by atoms with van der Waals surface area (Å²) in [6.45, 7) is 2.53. The minimum absolute atomic E-state index is 0. The van der Waals surface area contributed by atoms with Gasteiger partial charge in [0.2, 0.25) is 0 Å². The summed E-state index contributed by atoms with van der Waals surface area (Å²) in [4.78, 5) is 6.74. The molecule has 148 valence electrons. The van der Waals surface area contributed by atoms with Crippen molar-refractivity contribution >= 4 is 41.7 Å². The summed E-state index contributed by atoms with van der Waals surface area (Å²) >= 11 is 1.70. The molecule has 0 bridgehead atoms. The van der Waals surface area contributed by atoms with Crippen LogP contribution in [-0.2, 0) is 12.3 Å². The van der Waals surface area contributed by atoms with Crippen LogP contribution in [0.4, 0.5) is 4.39 Å². The van der Waals surface area contributed by atoms with Crippen molar-refractivity contribution in [3.63, 3.8) is 0 Å². The van der Waals surface area contributed by atoms with Crippen molar-refractivity contribution in [2.75, 3.05) is 33.4 Å². The number of hydrogen-bond acceptors (Lipinski definition) is 3. The maximum absolute atomic E-state index is 13.4. The molecule has 1 fully saturated rings. The topological polar surface area (TPSA) is 39.7 Å². The molecule has 1 saturated carbocycles. The highest BCUT2D eigenvalue weighted by atomic mass is 127. The first-order valence-electron chi connectivity index (χ1n) is 9.05. The summed E-state index contributed by atoms with van der Waals surface area (Å²) in [6.07, 6.45) is 7.41. The van der Waals surface area contributed by atoms with Crippen molar-refractivity contribution in [2.24, 2.45) is 4.99 Å². The molecule has 2 rings (SSSR count). The Hall–Kier alpha value is -0.540. The van der Waals surface area contributed by atoms with E-state index in [0.29, 0.717) is 6.54 Å². The van der Waals surface area contributed by atoms with Crippen LogP contribution in [-0.4, -0.2) is 50.3 Å². The summed E-state index contributed by atoms with van der Waals surface area (Å²) in [6, 6.07) is 5.74. The van der Waals surface area contributed by atoms with Gasteiger partial charge >= 0.3 is 0 Å². The Labute approximate surface area is 178 Å². The molecule has 1 aromatic carbocycles. The average molecular weight is 494 g/mol. The highest BCUT2D eigenvalue weighted by Crippen LogP contribution is 2.21. The molecule has 0 radical (unpaired) electrons. The van der Waals surface area contributed by atoms with E-state index in [-0.39, 0.29) is 29.8 Å². The van der Waals surface area contributed by atoms with Crippen LogP contribution in [0.5, 0.6) is 0 Å². The van der Waals surface area contributed by atoms with Crippen LogP contribution < -0.4 is 10.6 Å². The zero-order chi connectivity index (χ0) is 18.1. The highest BCUT2D eigenvalue weighted by molar-refractivity contribution is 14.0. The third kappa shape index (κ3) is 7.60. The molecule has 1 aliphatic rings. The molecule has 0 heterocycles. The fourth-order valence-corrected chi connectivity index (χ4v) is 3.91. The van der Waals surface area contributed by atoms with E-state index >= 15 is 0 Å². The summed E-state index contributed by atoms with van der Waals surface area (Å²) in [5.41, 5.74) is 2.15. The van der Waals surface area contributed by atoms with Crippen molar-refractivity contribution in [3.8, 4) is 0 Å². The lowest BCUT2D eigenvalue weighted by atomic mass is 10.1. The second-order valence-corrected chi connectivity index (χ2v) is 7.48. The first-order chi connectivity index (χ1) is 12.1. The van der Waals surface area contributed by atoms with Gasteiger partial charge in [0.25, 0.3) is 0 Å². The number of benzene rings is 1. The molecule has 0 spiro atoms. The number of nitrogens with zero attached hydrogens (tertiary/aromatic N) is 2. The average Bonchev–Trinajstić information content (AvgIpc) is 3.14. The van der Waals surface area contributed by atoms with Gasteiger partial charge in [0.15, 0.2) is 5.96 Å². The molecule has 0 aromatic heterocycles. The lowest BCUT2D eigenvalue weighted by Crippen LogP contribution is -2.42. The monoisotopic (exact) mass is 494 g/mol. The number of rotatable bonds is 8. The van der Waals surface area contributed by atoms with E-state index in [1.54, 1.807) is 24.9 Å². The van der Waals surface area contributed by atoms with Crippen LogP contribution in [0, 0.1) is 5.82 Å². The van der Waals surface area contributed by atoms with Gasteiger partial charge in [-0.1, -0.05) is 18.9 Å². The molecule has 1 aromatic rings. The first-order valence-corrected chi connectivity index (χ1v) is 10.4. The second-order valence-electron chi connectivity index (χ2n) is 6.62. The standard InChI is InChI=1S/C19H31FN4S.HI/c1-21-19(22-10-11-24(2)18-6-4-5-7-18)23-13-15-8-9-17(20)12-16(15)14-25-3;/h8-9,12,18H,4-7,10-11,13-14H2,1-3H3,(H2,21,22,23);1H. The van der Waals surface area contributed by atoms with E-state index in [9.17, 15) is 4.39 Å². The van der Waals surface area contributed by atoms with Crippen molar-refractivity contribution in [2.45, 2.75) is 44.0 Å². The molecule has 26 heavy (non-hydrogen) atoms. The Kier molecular flexibility index (Phi) is 11.5. The maximum atomic E-state index is 13.4. The minimum atomic E-state index is -0.176. The summed E-state index contributed by atoms with van der Waals surface area (Å²) in [7, 11) is 3.99. The van der Waals surface area contributed by atoms with E-state index in [4.69, 9.17) is 0 Å². The molecule has 0 atom stereocenters.